The number of aryl methyl sites for hydroxylation is 1. The Morgan fingerprint density at radius 3 is 2.91 bits per heavy atom. The molecule has 4 aromatic rings. The maximum atomic E-state index is 13.3. The largest absolute Gasteiger partial charge is 0.454 e. The number of fused-ring (bicyclic) bond motifs is 2. The summed E-state index contributed by atoms with van der Waals surface area (Å²) in [7, 11) is 0. The van der Waals surface area contributed by atoms with Crippen LogP contribution in [0.5, 0.6) is 11.5 Å². The van der Waals surface area contributed by atoms with Crippen molar-refractivity contribution >= 4 is 39.2 Å². The average Bonchev–Trinajstić information content (AvgIpc) is 3.48. The summed E-state index contributed by atoms with van der Waals surface area (Å²) in [6.07, 6.45) is 0. The van der Waals surface area contributed by atoms with E-state index in [2.05, 4.69) is 5.32 Å². The highest BCUT2D eigenvalue weighted by atomic mass is 32.2. The number of thiophene rings is 1. The van der Waals surface area contributed by atoms with Crippen molar-refractivity contribution in [3.8, 4) is 17.2 Å². The van der Waals surface area contributed by atoms with Crippen molar-refractivity contribution in [3.63, 3.8) is 0 Å². The Hall–Kier alpha value is -3.30. The van der Waals surface area contributed by atoms with E-state index in [-0.39, 0.29) is 24.0 Å². The van der Waals surface area contributed by atoms with Crippen LogP contribution in [0, 0.1) is 13.8 Å². The molecule has 0 bridgehead atoms. The zero-order chi connectivity index (χ0) is 22.9. The first kappa shape index (κ1) is 21.5. The van der Waals surface area contributed by atoms with Crippen molar-refractivity contribution in [2.24, 2.45) is 0 Å². The second-order valence-corrected chi connectivity index (χ2v) is 9.50. The van der Waals surface area contributed by atoms with Crippen molar-refractivity contribution in [1.29, 1.82) is 0 Å². The number of amides is 1. The number of nitrogens with one attached hydrogen (secondary N) is 1. The van der Waals surface area contributed by atoms with Gasteiger partial charge in [-0.25, -0.2) is 4.98 Å². The third-order valence-electron chi connectivity index (χ3n) is 5.53. The van der Waals surface area contributed by atoms with Crippen LogP contribution < -0.4 is 20.3 Å². The Bertz CT molecular complexity index is 1430. The van der Waals surface area contributed by atoms with E-state index < -0.39 is 0 Å². The predicted molar refractivity (Wildman–Crippen MR) is 130 cm³/mol. The molecule has 0 aliphatic carbocycles. The SMILES string of the molecule is Cc1cccc(-n2c(SCC(=O)NCc3ccc4c(c3)OCO4)nc3ccsc3c2=O)c1C. The minimum Gasteiger partial charge on any atom is -0.454 e. The van der Waals surface area contributed by atoms with E-state index in [4.69, 9.17) is 14.5 Å². The van der Waals surface area contributed by atoms with E-state index in [0.29, 0.717) is 33.4 Å². The minimum absolute atomic E-state index is 0.119. The number of nitrogens with zero attached hydrogens (tertiary/aromatic N) is 2. The number of thioether (sulfide) groups is 1. The lowest BCUT2D eigenvalue weighted by Crippen LogP contribution is -2.26. The number of benzene rings is 2. The number of ether oxygens (including phenoxy) is 2. The first-order chi connectivity index (χ1) is 16.0. The van der Waals surface area contributed by atoms with Gasteiger partial charge in [0.2, 0.25) is 12.7 Å². The van der Waals surface area contributed by atoms with Crippen LogP contribution in [-0.4, -0.2) is 28.0 Å². The Morgan fingerprint density at radius 1 is 1.18 bits per heavy atom. The molecular formula is C24H21N3O4S2. The second kappa shape index (κ2) is 8.92. The summed E-state index contributed by atoms with van der Waals surface area (Å²) in [4.78, 5) is 30.6. The van der Waals surface area contributed by atoms with Gasteiger partial charge in [0.25, 0.3) is 5.56 Å². The highest BCUT2D eigenvalue weighted by Gasteiger charge is 2.18. The highest BCUT2D eigenvalue weighted by Crippen LogP contribution is 2.32. The van der Waals surface area contributed by atoms with Crippen molar-refractivity contribution in [3.05, 3.63) is 74.9 Å². The van der Waals surface area contributed by atoms with Gasteiger partial charge in [-0.05, 0) is 60.2 Å². The fraction of sp³-hybridized carbons (Fsp3) is 0.208. The summed E-state index contributed by atoms with van der Waals surface area (Å²) in [6, 6.07) is 13.3. The molecule has 33 heavy (non-hydrogen) atoms. The quantitative estimate of drug-likeness (QED) is 0.330. The number of rotatable bonds is 6. The lowest BCUT2D eigenvalue weighted by molar-refractivity contribution is -0.118. The van der Waals surface area contributed by atoms with Gasteiger partial charge in [-0.3, -0.25) is 14.2 Å². The molecule has 9 heteroatoms. The molecule has 7 nitrogen and oxygen atoms in total. The standard InChI is InChI=1S/C24H21N3O4S2/c1-14-4-3-5-18(15(14)2)27-23(29)22-17(8-9-32-22)26-24(27)33-12-21(28)25-11-16-6-7-19-20(10-16)31-13-30-19/h3-10H,11-13H2,1-2H3,(H,25,28). The van der Waals surface area contributed by atoms with Crippen LogP contribution in [-0.2, 0) is 11.3 Å². The second-order valence-electron chi connectivity index (χ2n) is 7.64. The van der Waals surface area contributed by atoms with E-state index in [1.165, 1.54) is 23.1 Å². The smallest absolute Gasteiger partial charge is 0.276 e. The van der Waals surface area contributed by atoms with Gasteiger partial charge in [0.05, 0.1) is 17.0 Å². The van der Waals surface area contributed by atoms with Crippen LogP contribution in [0.3, 0.4) is 0 Å². The molecule has 2 aromatic carbocycles. The van der Waals surface area contributed by atoms with Gasteiger partial charge in [0.1, 0.15) is 4.70 Å². The molecule has 0 radical (unpaired) electrons. The van der Waals surface area contributed by atoms with Crippen LogP contribution in [0.1, 0.15) is 16.7 Å². The molecule has 1 amide bonds. The molecule has 3 heterocycles. The molecule has 1 aliphatic rings. The first-order valence-corrected chi connectivity index (χ1v) is 12.2. The van der Waals surface area contributed by atoms with Gasteiger partial charge in [-0.15, -0.1) is 11.3 Å². The van der Waals surface area contributed by atoms with E-state index >= 15 is 0 Å². The van der Waals surface area contributed by atoms with Crippen molar-refractivity contribution < 1.29 is 14.3 Å². The molecule has 1 N–H and O–H groups in total. The summed E-state index contributed by atoms with van der Waals surface area (Å²) in [5.41, 5.74) is 4.32. The van der Waals surface area contributed by atoms with Crippen molar-refractivity contribution in [1.82, 2.24) is 14.9 Å². The topological polar surface area (TPSA) is 82.5 Å². The molecule has 0 saturated carbocycles. The summed E-state index contributed by atoms with van der Waals surface area (Å²) in [5, 5.41) is 5.28. The average molecular weight is 480 g/mol. The zero-order valence-corrected chi connectivity index (χ0v) is 19.7. The first-order valence-electron chi connectivity index (χ1n) is 10.4. The molecule has 0 spiro atoms. The highest BCUT2D eigenvalue weighted by molar-refractivity contribution is 7.99. The monoisotopic (exact) mass is 479 g/mol. The van der Waals surface area contributed by atoms with E-state index in [1.807, 2.05) is 61.7 Å². The third-order valence-corrected chi connectivity index (χ3v) is 7.36. The maximum Gasteiger partial charge on any atom is 0.276 e. The fourth-order valence-corrected chi connectivity index (χ4v) is 5.21. The number of carbonyl (C=O) groups excluding carboxylic acids is 1. The van der Waals surface area contributed by atoms with Crippen LogP contribution in [0.15, 0.2) is 57.8 Å². The van der Waals surface area contributed by atoms with Crippen LogP contribution >= 0.6 is 23.1 Å². The lowest BCUT2D eigenvalue weighted by Gasteiger charge is -2.15. The number of aromatic nitrogens is 2. The van der Waals surface area contributed by atoms with E-state index in [1.54, 1.807) is 4.57 Å². The normalized spacial score (nSPS) is 12.3. The molecule has 5 rings (SSSR count). The molecule has 168 valence electrons. The lowest BCUT2D eigenvalue weighted by atomic mass is 10.1. The van der Waals surface area contributed by atoms with Gasteiger partial charge >= 0.3 is 0 Å². The van der Waals surface area contributed by atoms with E-state index in [0.717, 1.165) is 22.4 Å². The van der Waals surface area contributed by atoms with Crippen LogP contribution in [0.4, 0.5) is 0 Å². The van der Waals surface area contributed by atoms with Gasteiger partial charge in [-0.2, -0.15) is 0 Å². The molecule has 0 atom stereocenters. The summed E-state index contributed by atoms with van der Waals surface area (Å²) < 4.78 is 12.9. The summed E-state index contributed by atoms with van der Waals surface area (Å²) in [5.74, 6) is 1.38. The predicted octanol–water partition coefficient (Wildman–Crippen LogP) is 4.20. The summed E-state index contributed by atoms with van der Waals surface area (Å²) >= 11 is 2.63. The Kier molecular flexibility index (Phi) is 5.82. The summed E-state index contributed by atoms with van der Waals surface area (Å²) in [6.45, 7) is 4.59. The Balaban J connectivity index is 1.36. The van der Waals surface area contributed by atoms with Crippen molar-refractivity contribution in [2.45, 2.75) is 25.5 Å². The minimum atomic E-state index is -0.148. The molecule has 0 saturated heterocycles. The molecule has 1 aliphatic heterocycles. The van der Waals surface area contributed by atoms with Gasteiger partial charge in [0.15, 0.2) is 16.7 Å². The van der Waals surface area contributed by atoms with Gasteiger partial charge in [-0.1, -0.05) is 30.0 Å². The van der Waals surface area contributed by atoms with Gasteiger partial charge < -0.3 is 14.8 Å². The van der Waals surface area contributed by atoms with Crippen LogP contribution in [0.25, 0.3) is 15.9 Å². The zero-order valence-electron chi connectivity index (χ0n) is 18.1. The third kappa shape index (κ3) is 4.21. The fourth-order valence-electron chi connectivity index (χ4n) is 3.61. The molecule has 0 fully saturated rings. The Labute approximate surface area is 198 Å². The van der Waals surface area contributed by atoms with Crippen LogP contribution in [0.2, 0.25) is 0 Å². The number of hydrogen-bond donors (Lipinski definition) is 1. The maximum absolute atomic E-state index is 13.3. The molecule has 2 aromatic heterocycles. The number of carbonyl (C=O) groups is 1. The van der Waals surface area contributed by atoms with Gasteiger partial charge in [0, 0.05) is 6.54 Å². The number of hydrogen-bond acceptors (Lipinski definition) is 7. The Morgan fingerprint density at radius 2 is 2.03 bits per heavy atom. The van der Waals surface area contributed by atoms with Crippen molar-refractivity contribution in [2.75, 3.05) is 12.5 Å². The molecular weight excluding hydrogens is 458 g/mol. The van der Waals surface area contributed by atoms with E-state index in [9.17, 15) is 9.59 Å². The molecule has 0 unspecified atom stereocenters.